The Morgan fingerprint density at radius 2 is 2.18 bits per heavy atom. The molecule has 1 amide bonds. The molecule has 1 heterocycles. The molecule has 1 aromatic carbocycles. The monoisotopic (exact) mass is 369 g/mol. The zero-order valence-electron chi connectivity index (χ0n) is 12.2. The van der Waals surface area contributed by atoms with Gasteiger partial charge < -0.3 is 9.64 Å². The molecule has 0 aliphatic carbocycles. The van der Waals surface area contributed by atoms with Crippen LogP contribution in [-0.2, 0) is 14.3 Å². The molecule has 0 spiro atoms. The topological polar surface area (TPSA) is 46.6 Å². The van der Waals surface area contributed by atoms with Crippen molar-refractivity contribution < 1.29 is 18.7 Å². The van der Waals surface area contributed by atoms with E-state index in [1.54, 1.807) is 12.1 Å². The van der Waals surface area contributed by atoms with Crippen LogP contribution in [0.4, 0.5) is 4.39 Å². The summed E-state index contributed by atoms with van der Waals surface area (Å²) in [5.41, 5.74) is 0.314. The highest BCUT2D eigenvalue weighted by molar-refractivity contribution is 9.10. The van der Waals surface area contributed by atoms with E-state index in [9.17, 15) is 14.0 Å². The molecule has 1 aliphatic heterocycles. The van der Waals surface area contributed by atoms with Crippen LogP contribution in [0, 0.1) is 5.82 Å². The van der Waals surface area contributed by atoms with Crippen molar-refractivity contribution in [2.45, 2.75) is 25.3 Å². The summed E-state index contributed by atoms with van der Waals surface area (Å²) in [5.74, 6) is -1.13. The first-order chi connectivity index (χ1) is 10.5. The number of benzene rings is 1. The molecule has 22 heavy (non-hydrogen) atoms. The van der Waals surface area contributed by atoms with Gasteiger partial charge in [0, 0.05) is 22.7 Å². The summed E-state index contributed by atoms with van der Waals surface area (Å²) in [7, 11) is 1.31. The van der Waals surface area contributed by atoms with Gasteiger partial charge in [0.05, 0.1) is 7.11 Å². The Morgan fingerprint density at radius 3 is 2.91 bits per heavy atom. The summed E-state index contributed by atoms with van der Waals surface area (Å²) in [5, 5.41) is 0. The normalized spacial score (nSPS) is 18.5. The molecular weight excluding hydrogens is 353 g/mol. The van der Waals surface area contributed by atoms with Gasteiger partial charge in [-0.1, -0.05) is 15.9 Å². The third kappa shape index (κ3) is 3.94. The lowest BCUT2D eigenvalue weighted by molar-refractivity contribution is -0.153. The maximum atomic E-state index is 13.7. The Hall–Kier alpha value is -1.69. The summed E-state index contributed by atoms with van der Waals surface area (Å²) in [6.07, 6.45) is 5.04. The second-order valence-corrected chi connectivity index (χ2v) is 5.98. The Kier molecular flexibility index (Phi) is 5.71. The van der Waals surface area contributed by atoms with E-state index in [0.29, 0.717) is 18.5 Å². The van der Waals surface area contributed by atoms with E-state index in [-0.39, 0.29) is 5.91 Å². The summed E-state index contributed by atoms with van der Waals surface area (Å²) in [4.78, 5) is 25.5. The van der Waals surface area contributed by atoms with Crippen LogP contribution < -0.4 is 0 Å². The lowest BCUT2D eigenvalue weighted by atomic mass is 10.0. The van der Waals surface area contributed by atoms with Crippen molar-refractivity contribution in [2.75, 3.05) is 13.7 Å². The van der Waals surface area contributed by atoms with Crippen molar-refractivity contribution in [3.05, 3.63) is 40.1 Å². The number of methoxy groups -OCH3 is 1. The molecule has 0 N–H and O–H groups in total. The molecular formula is C16H17BrFNO3. The third-order valence-corrected chi connectivity index (χ3v) is 4.12. The van der Waals surface area contributed by atoms with Gasteiger partial charge in [0.2, 0.25) is 5.91 Å². The van der Waals surface area contributed by atoms with Crippen LogP contribution >= 0.6 is 15.9 Å². The van der Waals surface area contributed by atoms with Crippen molar-refractivity contribution in [1.29, 1.82) is 0 Å². The first-order valence-corrected chi connectivity index (χ1v) is 7.84. The van der Waals surface area contributed by atoms with E-state index >= 15 is 0 Å². The van der Waals surface area contributed by atoms with Crippen LogP contribution in [0.2, 0.25) is 0 Å². The molecule has 4 nitrogen and oxygen atoms in total. The minimum atomic E-state index is -0.553. The number of halogens is 2. The van der Waals surface area contributed by atoms with E-state index in [4.69, 9.17) is 4.74 Å². The number of esters is 1. The Bertz CT molecular complexity index is 603. The highest BCUT2D eigenvalue weighted by Crippen LogP contribution is 2.20. The van der Waals surface area contributed by atoms with Gasteiger partial charge in [0.15, 0.2) is 0 Å². The third-order valence-electron chi connectivity index (χ3n) is 3.62. The van der Waals surface area contributed by atoms with Crippen molar-refractivity contribution in [3.63, 3.8) is 0 Å². The van der Waals surface area contributed by atoms with E-state index < -0.39 is 17.8 Å². The van der Waals surface area contributed by atoms with Gasteiger partial charge in [-0.15, -0.1) is 0 Å². The van der Waals surface area contributed by atoms with Gasteiger partial charge in [-0.05, 0) is 43.5 Å². The second kappa shape index (κ2) is 7.54. The number of hydrogen-bond donors (Lipinski definition) is 0. The number of hydrogen-bond acceptors (Lipinski definition) is 3. The number of ether oxygens (including phenoxy) is 1. The Balaban J connectivity index is 2.14. The Morgan fingerprint density at radius 1 is 1.41 bits per heavy atom. The van der Waals surface area contributed by atoms with Crippen LogP contribution in [0.5, 0.6) is 0 Å². The number of nitrogens with zero attached hydrogens (tertiary/aromatic N) is 1. The molecule has 1 saturated heterocycles. The number of carbonyl (C=O) groups is 2. The first-order valence-electron chi connectivity index (χ1n) is 7.04. The molecule has 0 bridgehead atoms. The molecule has 1 unspecified atom stereocenters. The minimum absolute atomic E-state index is 0.311. The van der Waals surface area contributed by atoms with Gasteiger partial charge >= 0.3 is 5.97 Å². The molecule has 2 rings (SSSR count). The number of likely N-dealkylation sites (tertiary alicyclic amines) is 1. The Labute approximate surface area is 137 Å². The molecule has 118 valence electrons. The lowest BCUT2D eigenvalue weighted by Gasteiger charge is -2.32. The quantitative estimate of drug-likeness (QED) is 0.607. The van der Waals surface area contributed by atoms with Gasteiger partial charge in [-0.3, -0.25) is 4.79 Å². The van der Waals surface area contributed by atoms with Crippen molar-refractivity contribution in [3.8, 4) is 0 Å². The number of amides is 1. The van der Waals surface area contributed by atoms with E-state index in [1.807, 2.05) is 0 Å². The maximum absolute atomic E-state index is 13.7. The minimum Gasteiger partial charge on any atom is -0.467 e. The zero-order valence-corrected chi connectivity index (χ0v) is 13.8. The molecule has 1 aliphatic rings. The molecule has 1 aromatic rings. The molecule has 0 radical (unpaired) electrons. The maximum Gasteiger partial charge on any atom is 0.328 e. The van der Waals surface area contributed by atoms with Crippen molar-refractivity contribution in [1.82, 2.24) is 4.90 Å². The van der Waals surface area contributed by atoms with Gasteiger partial charge in [0.25, 0.3) is 0 Å². The molecule has 1 atom stereocenters. The summed E-state index contributed by atoms with van der Waals surface area (Å²) >= 11 is 3.26. The van der Waals surface area contributed by atoms with Gasteiger partial charge in [-0.25, -0.2) is 9.18 Å². The summed E-state index contributed by atoms with van der Waals surface area (Å²) < 4.78 is 19.1. The SMILES string of the molecule is COC(=O)C1CCCCN1C(=O)/C=C/c1cc(Br)ccc1F. The fourth-order valence-corrected chi connectivity index (χ4v) is 2.85. The predicted octanol–water partition coefficient (Wildman–Crippen LogP) is 3.16. The molecule has 0 saturated carbocycles. The average Bonchev–Trinajstić information content (AvgIpc) is 2.54. The summed E-state index contributed by atoms with van der Waals surface area (Å²) in [6.45, 7) is 0.504. The lowest BCUT2D eigenvalue weighted by Crippen LogP contribution is -2.47. The highest BCUT2D eigenvalue weighted by atomic mass is 79.9. The number of piperidine rings is 1. The fraction of sp³-hybridized carbons (Fsp3) is 0.375. The first kappa shape index (κ1) is 16.7. The zero-order chi connectivity index (χ0) is 16.1. The fourth-order valence-electron chi connectivity index (χ4n) is 2.48. The van der Waals surface area contributed by atoms with Gasteiger partial charge in [-0.2, -0.15) is 0 Å². The molecule has 6 heteroatoms. The average molecular weight is 370 g/mol. The van der Waals surface area contributed by atoms with E-state index in [2.05, 4.69) is 15.9 Å². The largest absolute Gasteiger partial charge is 0.467 e. The molecule has 0 aromatic heterocycles. The van der Waals surface area contributed by atoms with Gasteiger partial charge in [0.1, 0.15) is 11.9 Å². The number of carbonyl (C=O) groups excluding carboxylic acids is 2. The van der Waals surface area contributed by atoms with Crippen LogP contribution in [0.3, 0.4) is 0 Å². The smallest absolute Gasteiger partial charge is 0.328 e. The van der Waals surface area contributed by atoms with E-state index in [1.165, 1.54) is 30.2 Å². The molecule has 1 fully saturated rings. The van der Waals surface area contributed by atoms with Crippen LogP contribution in [-0.4, -0.2) is 36.5 Å². The van der Waals surface area contributed by atoms with Crippen molar-refractivity contribution >= 4 is 33.9 Å². The van der Waals surface area contributed by atoms with Crippen molar-refractivity contribution in [2.24, 2.45) is 0 Å². The standard InChI is InChI=1S/C16H17BrFNO3/c1-22-16(21)14-4-2-3-9-19(14)15(20)8-5-11-10-12(17)6-7-13(11)18/h5-8,10,14H,2-4,9H2,1H3/b8-5+. The highest BCUT2D eigenvalue weighted by Gasteiger charge is 2.31. The predicted molar refractivity (Wildman–Crippen MR) is 84.5 cm³/mol. The number of rotatable bonds is 3. The van der Waals surface area contributed by atoms with Crippen LogP contribution in [0.15, 0.2) is 28.7 Å². The second-order valence-electron chi connectivity index (χ2n) is 5.07. The van der Waals surface area contributed by atoms with E-state index in [0.717, 1.165) is 17.3 Å². The van der Waals surface area contributed by atoms with Crippen LogP contribution in [0.1, 0.15) is 24.8 Å². The van der Waals surface area contributed by atoms with Crippen LogP contribution in [0.25, 0.3) is 6.08 Å². The summed E-state index contributed by atoms with van der Waals surface area (Å²) in [6, 6.07) is 3.95.